The molecular formula is C26H33BrCl2N2O3. The highest BCUT2D eigenvalue weighted by Crippen LogP contribution is 2.29. The number of unbranched alkanes of at least 4 members (excludes halogenated alkanes) is 1. The van der Waals surface area contributed by atoms with Crippen molar-refractivity contribution in [3.05, 3.63) is 62.0 Å². The fraction of sp³-hybridized carbons (Fsp3) is 0.462. The third-order valence-electron chi connectivity index (χ3n) is 5.55. The number of rotatable bonds is 12. The van der Waals surface area contributed by atoms with Crippen molar-refractivity contribution in [3.63, 3.8) is 0 Å². The van der Waals surface area contributed by atoms with Crippen LogP contribution in [0, 0.1) is 0 Å². The highest BCUT2D eigenvalue weighted by molar-refractivity contribution is 9.10. The second-order valence-electron chi connectivity index (χ2n) is 8.46. The average molecular weight is 572 g/mol. The molecule has 1 N–H and O–H groups in total. The molecule has 2 rings (SSSR count). The zero-order valence-corrected chi connectivity index (χ0v) is 23.3. The van der Waals surface area contributed by atoms with Gasteiger partial charge in [0.25, 0.3) is 5.91 Å². The predicted octanol–water partition coefficient (Wildman–Crippen LogP) is 6.98. The molecule has 0 spiro atoms. The predicted molar refractivity (Wildman–Crippen MR) is 143 cm³/mol. The molecule has 5 nitrogen and oxygen atoms in total. The molecule has 0 bridgehead atoms. The first kappa shape index (κ1) is 28.5. The molecule has 8 heteroatoms. The third kappa shape index (κ3) is 8.17. The molecule has 0 saturated heterocycles. The van der Waals surface area contributed by atoms with Crippen LogP contribution in [0.1, 0.15) is 64.0 Å². The Hall–Kier alpha value is -1.76. The summed E-state index contributed by atoms with van der Waals surface area (Å²) in [4.78, 5) is 27.8. The number of carbonyl (C=O) groups excluding carboxylic acids is 2. The van der Waals surface area contributed by atoms with Crippen molar-refractivity contribution in [1.29, 1.82) is 0 Å². The second-order valence-corrected chi connectivity index (χ2v) is 10.2. The van der Waals surface area contributed by atoms with Gasteiger partial charge in [-0.3, -0.25) is 9.59 Å². The van der Waals surface area contributed by atoms with E-state index in [0.717, 1.165) is 17.3 Å². The van der Waals surface area contributed by atoms with Crippen LogP contribution < -0.4 is 10.1 Å². The summed E-state index contributed by atoms with van der Waals surface area (Å²) in [6, 6.07) is 10.3. The van der Waals surface area contributed by atoms with Crippen LogP contribution in [-0.2, 0) is 16.1 Å². The molecule has 2 aromatic carbocycles. The number of nitrogens with zero attached hydrogens (tertiary/aromatic N) is 1. The summed E-state index contributed by atoms with van der Waals surface area (Å²) >= 11 is 15.9. The molecule has 34 heavy (non-hydrogen) atoms. The molecule has 0 radical (unpaired) electrons. The maximum Gasteiger partial charge on any atom is 0.261 e. The van der Waals surface area contributed by atoms with E-state index in [1.807, 2.05) is 25.1 Å². The molecule has 2 aromatic rings. The number of hydrogen-bond acceptors (Lipinski definition) is 3. The molecule has 0 aliphatic carbocycles. The zero-order chi connectivity index (χ0) is 25.3. The Bertz CT molecular complexity index is 985. The molecule has 0 heterocycles. The van der Waals surface area contributed by atoms with Gasteiger partial charge in [-0.15, -0.1) is 0 Å². The largest absolute Gasteiger partial charge is 0.483 e. The number of ether oxygens (including phenoxy) is 1. The van der Waals surface area contributed by atoms with Crippen molar-refractivity contribution in [2.45, 2.75) is 65.5 Å². The van der Waals surface area contributed by atoms with Crippen LogP contribution in [-0.4, -0.2) is 35.9 Å². The van der Waals surface area contributed by atoms with Gasteiger partial charge in [-0.05, 0) is 70.1 Å². The molecule has 0 aromatic heterocycles. The minimum atomic E-state index is -0.647. The Balaban J connectivity index is 2.24. The van der Waals surface area contributed by atoms with Gasteiger partial charge >= 0.3 is 0 Å². The lowest BCUT2D eigenvalue weighted by molar-refractivity contribution is -0.143. The van der Waals surface area contributed by atoms with Gasteiger partial charge in [0.15, 0.2) is 6.61 Å². The smallest absolute Gasteiger partial charge is 0.261 e. The van der Waals surface area contributed by atoms with Crippen molar-refractivity contribution < 1.29 is 14.3 Å². The molecule has 0 aliphatic rings. The Labute approximate surface area is 221 Å². The Morgan fingerprint density at radius 3 is 2.44 bits per heavy atom. The van der Waals surface area contributed by atoms with Gasteiger partial charge in [0.1, 0.15) is 11.8 Å². The van der Waals surface area contributed by atoms with Crippen molar-refractivity contribution >= 4 is 50.9 Å². The summed E-state index contributed by atoms with van der Waals surface area (Å²) in [5.41, 5.74) is 1.88. The lowest BCUT2D eigenvalue weighted by Crippen LogP contribution is -2.50. The van der Waals surface area contributed by atoms with Crippen LogP contribution >= 0.6 is 39.1 Å². The lowest BCUT2D eigenvalue weighted by Gasteiger charge is -2.31. The van der Waals surface area contributed by atoms with Crippen LogP contribution in [0.15, 0.2) is 40.9 Å². The van der Waals surface area contributed by atoms with Gasteiger partial charge in [-0.1, -0.05) is 69.5 Å². The van der Waals surface area contributed by atoms with Crippen LogP contribution in [0.4, 0.5) is 0 Å². The molecule has 1 atom stereocenters. The lowest BCUT2D eigenvalue weighted by atomic mass is 10.0. The number of halogens is 3. The molecule has 0 aliphatic heterocycles. The van der Waals surface area contributed by atoms with Gasteiger partial charge < -0.3 is 15.0 Å². The normalized spacial score (nSPS) is 11.9. The molecule has 0 unspecified atom stereocenters. The van der Waals surface area contributed by atoms with Crippen molar-refractivity contribution in [2.24, 2.45) is 0 Å². The third-order valence-corrected chi connectivity index (χ3v) is 6.75. The van der Waals surface area contributed by atoms with Gasteiger partial charge in [0.2, 0.25) is 5.91 Å². The first-order valence-corrected chi connectivity index (χ1v) is 13.2. The zero-order valence-electron chi connectivity index (χ0n) is 20.2. The topological polar surface area (TPSA) is 58.6 Å². The summed E-state index contributed by atoms with van der Waals surface area (Å²) in [7, 11) is 0. The Morgan fingerprint density at radius 1 is 1.12 bits per heavy atom. The van der Waals surface area contributed by atoms with Crippen LogP contribution in [0.2, 0.25) is 10.0 Å². The van der Waals surface area contributed by atoms with E-state index < -0.39 is 6.04 Å². The molecule has 0 saturated carbocycles. The maximum atomic E-state index is 13.4. The van der Waals surface area contributed by atoms with E-state index in [2.05, 4.69) is 42.0 Å². The van der Waals surface area contributed by atoms with E-state index in [-0.39, 0.29) is 25.0 Å². The monoisotopic (exact) mass is 570 g/mol. The van der Waals surface area contributed by atoms with E-state index in [9.17, 15) is 9.59 Å². The highest BCUT2D eigenvalue weighted by atomic mass is 79.9. The quantitative estimate of drug-likeness (QED) is 0.279. The van der Waals surface area contributed by atoms with Crippen molar-refractivity contribution in [1.82, 2.24) is 10.2 Å². The van der Waals surface area contributed by atoms with E-state index in [1.54, 1.807) is 18.2 Å². The van der Waals surface area contributed by atoms with Crippen LogP contribution in [0.5, 0.6) is 5.75 Å². The molecule has 0 fully saturated rings. The summed E-state index contributed by atoms with van der Waals surface area (Å²) < 4.78 is 6.63. The first-order valence-electron chi connectivity index (χ1n) is 11.6. The Kier molecular flexibility index (Phi) is 11.7. The standard InChI is InChI=1S/C26H33BrCl2N2O3/c1-5-7-12-30-26(33)23(6-2)31(15-19-8-10-20(28)14-22(19)29)25(32)16-34-24-11-9-18(17(3)4)13-21(24)27/h8-11,13-14,17,23H,5-7,12,15-16H2,1-4H3,(H,30,33)/t23-/m0/s1. The maximum absolute atomic E-state index is 13.4. The van der Waals surface area contributed by atoms with Gasteiger partial charge in [0.05, 0.1) is 4.47 Å². The number of amides is 2. The molecular weight excluding hydrogens is 539 g/mol. The number of hydrogen-bond donors (Lipinski definition) is 1. The first-order chi connectivity index (χ1) is 16.2. The van der Waals surface area contributed by atoms with Crippen molar-refractivity contribution in [2.75, 3.05) is 13.2 Å². The van der Waals surface area contributed by atoms with Crippen LogP contribution in [0.25, 0.3) is 0 Å². The van der Waals surface area contributed by atoms with Gasteiger partial charge in [-0.2, -0.15) is 0 Å². The SMILES string of the molecule is CCCCNC(=O)[C@H](CC)N(Cc1ccc(Cl)cc1Cl)C(=O)COc1ccc(C(C)C)cc1Br. The second kappa shape index (κ2) is 14.0. The fourth-order valence-corrected chi connectivity index (χ4v) is 4.45. The molecule has 186 valence electrons. The van der Waals surface area contributed by atoms with E-state index in [4.69, 9.17) is 27.9 Å². The van der Waals surface area contributed by atoms with E-state index in [1.165, 1.54) is 10.5 Å². The summed E-state index contributed by atoms with van der Waals surface area (Å²) in [6.07, 6.45) is 2.31. The van der Waals surface area contributed by atoms with Crippen LogP contribution in [0.3, 0.4) is 0 Å². The Morgan fingerprint density at radius 2 is 1.85 bits per heavy atom. The summed E-state index contributed by atoms with van der Waals surface area (Å²) in [5.74, 6) is 0.464. The minimum absolute atomic E-state index is 0.172. The summed E-state index contributed by atoms with van der Waals surface area (Å²) in [5, 5.41) is 3.90. The number of carbonyl (C=O) groups is 2. The minimum Gasteiger partial charge on any atom is -0.483 e. The summed E-state index contributed by atoms with van der Waals surface area (Å²) in [6.45, 7) is 8.71. The van der Waals surface area contributed by atoms with Gasteiger partial charge in [-0.25, -0.2) is 0 Å². The van der Waals surface area contributed by atoms with E-state index >= 15 is 0 Å². The average Bonchev–Trinajstić information content (AvgIpc) is 2.79. The fourth-order valence-electron chi connectivity index (χ4n) is 3.47. The molecule has 2 amide bonds. The van der Waals surface area contributed by atoms with Gasteiger partial charge in [0, 0.05) is 23.1 Å². The number of benzene rings is 2. The van der Waals surface area contributed by atoms with Crippen molar-refractivity contribution in [3.8, 4) is 5.75 Å². The number of nitrogens with one attached hydrogen (secondary N) is 1. The highest BCUT2D eigenvalue weighted by Gasteiger charge is 2.29. The van der Waals surface area contributed by atoms with E-state index in [0.29, 0.717) is 40.2 Å².